The fourth-order valence-electron chi connectivity index (χ4n) is 3.66. The van der Waals surface area contributed by atoms with Crippen molar-refractivity contribution in [2.24, 2.45) is 5.92 Å². The molecule has 1 aliphatic rings. The van der Waals surface area contributed by atoms with E-state index in [4.69, 9.17) is 4.74 Å². The van der Waals surface area contributed by atoms with Crippen molar-refractivity contribution >= 4 is 39.3 Å². The average Bonchev–Trinajstić information content (AvgIpc) is 3.12. The molecule has 2 aromatic heterocycles. The van der Waals surface area contributed by atoms with Crippen molar-refractivity contribution < 1.29 is 9.53 Å². The molecule has 1 aliphatic carbocycles. The van der Waals surface area contributed by atoms with Crippen molar-refractivity contribution in [1.29, 1.82) is 0 Å². The minimum absolute atomic E-state index is 0.0251. The summed E-state index contributed by atoms with van der Waals surface area (Å²) in [5, 5.41) is 3.00. The second-order valence-electron chi connectivity index (χ2n) is 7.24. The molecule has 0 spiro atoms. The first kappa shape index (κ1) is 19.2. The van der Waals surface area contributed by atoms with E-state index in [-0.39, 0.29) is 23.4 Å². The van der Waals surface area contributed by atoms with Crippen molar-refractivity contribution in [3.05, 3.63) is 46.1 Å². The van der Waals surface area contributed by atoms with Crippen molar-refractivity contribution in [2.75, 3.05) is 5.75 Å². The van der Waals surface area contributed by atoms with Gasteiger partial charge >= 0.3 is 5.97 Å². The molecule has 0 aliphatic heterocycles. The van der Waals surface area contributed by atoms with Crippen molar-refractivity contribution in [3.8, 4) is 11.1 Å². The van der Waals surface area contributed by atoms with Crippen LogP contribution in [-0.4, -0.2) is 27.8 Å². The number of rotatable bonds is 5. The maximum absolute atomic E-state index is 12.6. The van der Waals surface area contributed by atoms with E-state index >= 15 is 0 Å². The molecule has 1 N–H and O–H groups in total. The van der Waals surface area contributed by atoms with Crippen LogP contribution < -0.4 is 5.56 Å². The monoisotopic (exact) mass is 414 g/mol. The summed E-state index contributed by atoms with van der Waals surface area (Å²) < 4.78 is 5.59. The number of nitrogens with zero attached hydrogens (tertiary/aromatic N) is 1. The number of aromatic nitrogens is 2. The fraction of sp³-hybridized carbons (Fsp3) is 0.381. The number of aromatic amines is 1. The lowest BCUT2D eigenvalue weighted by Gasteiger charge is -2.26. The highest BCUT2D eigenvalue weighted by atomic mass is 32.2. The van der Waals surface area contributed by atoms with E-state index in [9.17, 15) is 9.59 Å². The van der Waals surface area contributed by atoms with Gasteiger partial charge in [0.25, 0.3) is 5.56 Å². The Morgan fingerprint density at radius 2 is 2.14 bits per heavy atom. The van der Waals surface area contributed by atoms with E-state index in [1.807, 2.05) is 35.7 Å². The number of fused-ring (bicyclic) bond motifs is 1. The van der Waals surface area contributed by atoms with E-state index < -0.39 is 0 Å². The Bertz CT molecular complexity index is 1030. The molecule has 28 heavy (non-hydrogen) atoms. The van der Waals surface area contributed by atoms with E-state index in [2.05, 4.69) is 16.9 Å². The highest BCUT2D eigenvalue weighted by Gasteiger charge is 2.22. The second kappa shape index (κ2) is 8.49. The number of hydrogen-bond donors (Lipinski definition) is 1. The summed E-state index contributed by atoms with van der Waals surface area (Å²) >= 11 is 2.66. The number of benzene rings is 1. The third-order valence-electron chi connectivity index (χ3n) is 5.02. The molecule has 5 nitrogen and oxygen atoms in total. The van der Waals surface area contributed by atoms with Gasteiger partial charge in [-0.2, -0.15) is 0 Å². The molecule has 7 heteroatoms. The van der Waals surface area contributed by atoms with Crippen LogP contribution in [0.4, 0.5) is 0 Å². The molecule has 2 heterocycles. The summed E-state index contributed by atoms with van der Waals surface area (Å²) in [6.07, 6.45) is 4.23. The molecular formula is C21H22N2O3S2. The second-order valence-corrected chi connectivity index (χ2v) is 9.06. The molecule has 2 atom stereocenters. The summed E-state index contributed by atoms with van der Waals surface area (Å²) in [6, 6.07) is 9.80. The maximum atomic E-state index is 12.6. The van der Waals surface area contributed by atoms with Crippen LogP contribution in [0.25, 0.3) is 21.3 Å². The van der Waals surface area contributed by atoms with Gasteiger partial charge in [-0.15, -0.1) is 11.3 Å². The molecule has 0 unspecified atom stereocenters. The van der Waals surface area contributed by atoms with Gasteiger partial charge in [-0.25, -0.2) is 4.98 Å². The Morgan fingerprint density at radius 1 is 1.32 bits per heavy atom. The van der Waals surface area contributed by atoms with Crippen LogP contribution in [0, 0.1) is 5.92 Å². The molecule has 1 saturated carbocycles. The zero-order valence-electron chi connectivity index (χ0n) is 15.6. The Labute approximate surface area is 171 Å². The van der Waals surface area contributed by atoms with Gasteiger partial charge in [0.2, 0.25) is 0 Å². The van der Waals surface area contributed by atoms with E-state index in [1.54, 1.807) is 0 Å². The largest absolute Gasteiger partial charge is 0.462 e. The molecule has 4 rings (SSSR count). The van der Waals surface area contributed by atoms with E-state index in [0.29, 0.717) is 21.3 Å². The molecule has 1 aromatic carbocycles. The van der Waals surface area contributed by atoms with Crippen LogP contribution in [0.1, 0.15) is 32.6 Å². The lowest BCUT2D eigenvalue weighted by Crippen LogP contribution is -2.25. The van der Waals surface area contributed by atoms with Crippen LogP contribution in [0.2, 0.25) is 0 Å². The molecular weight excluding hydrogens is 392 g/mol. The Morgan fingerprint density at radius 3 is 2.93 bits per heavy atom. The zero-order chi connectivity index (χ0) is 19.5. The molecule has 0 saturated heterocycles. The number of thioether (sulfide) groups is 1. The predicted octanol–water partition coefficient (Wildman–Crippen LogP) is 4.87. The third kappa shape index (κ3) is 4.31. The average molecular weight is 415 g/mol. The summed E-state index contributed by atoms with van der Waals surface area (Å²) in [5.41, 5.74) is 1.70. The highest BCUT2D eigenvalue weighted by Crippen LogP contribution is 2.31. The lowest BCUT2D eigenvalue weighted by atomic mass is 9.89. The lowest BCUT2D eigenvalue weighted by molar-refractivity contribution is -0.147. The molecule has 1 fully saturated rings. The minimum Gasteiger partial charge on any atom is -0.462 e. The first-order valence-corrected chi connectivity index (χ1v) is 11.4. The number of thiophene rings is 1. The van der Waals surface area contributed by atoms with Gasteiger partial charge in [-0.05, 0) is 30.7 Å². The number of ether oxygens (including phenoxy) is 1. The van der Waals surface area contributed by atoms with Crippen molar-refractivity contribution in [2.45, 2.75) is 43.9 Å². The van der Waals surface area contributed by atoms with E-state index in [1.165, 1.54) is 29.5 Å². The van der Waals surface area contributed by atoms with Gasteiger partial charge in [0, 0.05) is 10.9 Å². The van der Waals surface area contributed by atoms with Gasteiger partial charge in [0.15, 0.2) is 5.16 Å². The van der Waals surface area contributed by atoms with Crippen LogP contribution in [0.5, 0.6) is 0 Å². The Hall–Kier alpha value is -2.12. The quantitative estimate of drug-likeness (QED) is 0.366. The van der Waals surface area contributed by atoms with Gasteiger partial charge in [0.1, 0.15) is 10.9 Å². The van der Waals surface area contributed by atoms with Crippen LogP contribution in [0.15, 0.2) is 45.7 Å². The van der Waals surface area contributed by atoms with Gasteiger partial charge in [0.05, 0.1) is 11.1 Å². The van der Waals surface area contributed by atoms with Gasteiger partial charge < -0.3 is 9.72 Å². The molecule has 0 amide bonds. The normalized spacial score (nSPS) is 19.6. The predicted molar refractivity (Wildman–Crippen MR) is 114 cm³/mol. The van der Waals surface area contributed by atoms with Crippen molar-refractivity contribution in [1.82, 2.24) is 9.97 Å². The third-order valence-corrected chi connectivity index (χ3v) is 6.74. The number of nitrogens with one attached hydrogen (secondary N) is 1. The first-order chi connectivity index (χ1) is 13.6. The first-order valence-electron chi connectivity index (χ1n) is 9.49. The Kier molecular flexibility index (Phi) is 5.82. The zero-order valence-corrected chi connectivity index (χ0v) is 17.3. The standard InChI is InChI=1S/C21H22N2O3S2/c1-13-6-5-9-15(10-13)26-17(24)12-28-21-22-19(25)18-16(11-27-20(18)23-21)14-7-3-2-4-8-14/h2-4,7-8,11,13,15H,5-6,9-10,12H2,1H3,(H,22,23,25)/t13-,15-/m1/s1. The highest BCUT2D eigenvalue weighted by molar-refractivity contribution is 7.99. The summed E-state index contributed by atoms with van der Waals surface area (Å²) in [7, 11) is 0. The number of H-pyrrole nitrogens is 1. The molecule has 146 valence electrons. The Balaban J connectivity index is 1.45. The van der Waals surface area contributed by atoms with Crippen molar-refractivity contribution in [3.63, 3.8) is 0 Å². The molecule has 3 aromatic rings. The smallest absolute Gasteiger partial charge is 0.316 e. The fourth-order valence-corrected chi connectivity index (χ4v) is 5.31. The van der Waals surface area contributed by atoms with Crippen LogP contribution in [0.3, 0.4) is 0 Å². The summed E-state index contributed by atoms with van der Waals surface area (Å²) in [4.78, 5) is 32.8. The number of esters is 1. The number of carbonyl (C=O) groups excluding carboxylic acids is 1. The van der Waals surface area contributed by atoms with E-state index in [0.717, 1.165) is 30.4 Å². The number of carbonyl (C=O) groups is 1. The van der Waals surface area contributed by atoms with Gasteiger partial charge in [-0.1, -0.05) is 55.4 Å². The molecule has 0 bridgehead atoms. The van der Waals surface area contributed by atoms with Crippen LogP contribution in [-0.2, 0) is 9.53 Å². The summed E-state index contributed by atoms with van der Waals surface area (Å²) in [6.45, 7) is 2.20. The van der Waals surface area contributed by atoms with Gasteiger partial charge in [-0.3, -0.25) is 9.59 Å². The summed E-state index contributed by atoms with van der Waals surface area (Å²) in [5.74, 6) is 0.510. The maximum Gasteiger partial charge on any atom is 0.316 e. The topological polar surface area (TPSA) is 72.0 Å². The molecule has 0 radical (unpaired) electrons. The van der Waals surface area contributed by atoms with Crippen LogP contribution >= 0.6 is 23.1 Å². The number of hydrogen-bond acceptors (Lipinski definition) is 6. The SMILES string of the molecule is C[C@@H]1CCC[C@@H](OC(=O)CSc2nc3scc(-c4ccccc4)c3c(=O)[nH]2)C1. The minimum atomic E-state index is -0.247.